The van der Waals surface area contributed by atoms with Gasteiger partial charge in [-0.15, -0.1) is 0 Å². The van der Waals surface area contributed by atoms with Gasteiger partial charge < -0.3 is 9.88 Å². The Labute approximate surface area is 91.1 Å². The summed E-state index contributed by atoms with van der Waals surface area (Å²) >= 11 is 0. The summed E-state index contributed by atoms with van der Waals surface area (Å²) in [5.74, 6) is 0.706. The van der Waals surface area contributed by atoms with Crippen molar-refractivity contribution < 1.29 is 0 Å². The molecule has 0 aliphatic heterocycles. The van der Waals surface area contributed by atoms with Crippen LogP contribution in [0.5, 0.6) is 0 Å². The van der Waals surface area contributed by atoms with Crippen LogP contribution in [-0.4, -0.2) is 17.7 Å². The summed E-state index contributed by atoms with van der Waals surface area (Å²) in [6, 6.07) is 3.20. The first-order valence-electron chi connectivity index (χ1n) is 5.55. The first-order valence-corrected chi connectivity index (χ1v) is 5.55. The third-order valence-corrected chi connectivity index (χ3v) is 2.18. The molecule has 0 spiro atoms. The Morgan fingerprint density at radius 1 is 1.33 bits per heavy atom. The Morgan fingerprint density at radius 3 is 2.60 bits per heavy atom. The molecule has 0 radical (unpaired) electrons. The minimum Gasteiger partial charge on any atom is -0.354 e. The lowest BCUT2D eigenvalue weighted by molar-refractivity contribution is 0.521. The van der Waals surface area contributed by atoms with E-state index in [9.17, 15) is 4.79 Å². The van der Waals surface area contributed by atoms with Crippen LogP contribution in [0.1, 0.15) is 20.3 Å². The maximum atomic E-state index is 10.8. The molecule has 0 bridgehead atoms. The van der Waals surface area contributed by atoms with Crippen molar-refractivity contribution in [3.8, 4) is 0 Å². The maximum absolute atomic E-state index is 10.8. The van der Waals surface area contributed by atoms with Gasteiger partial charge in [0.2, 0.25) is 0 Å². The molecular formula is C12H20N2O. The molecule has 3 heteroatoms. The SMILES string of the molecule is CC(C)CNCCCn1ccc(=O)cc1. The van der Waals surface area contributed by atoms with Gasteiger partial charge in [-0.1, -0.05) is 13.8 Å². The van der Waals surface area contributed by atoms with Crippen LogP contribution < -0.4 is 10.7 Å². The van der Waals surface area contributed by atoms with Crippen molar-refractivity contribution in [3.05, 3.63) is 34.7 Å². The molecule has 1 rings (SSSR count). The first-order chi connectivity index (χ1) is 7.18. The quantitative estimate of drug-likeness (QED) is 0.719. The van der Waals surface area contributed by atoms with E-state index in [-0.39, 0.29) is 5.43 Å². The van der Waals surface area contributed by atoms with Crippen LogP contribution in [0.25, 0.3) is 0 Å². The van der Waals surface area contributed by atoms with Gasteiger partial charge in [-0.05, 0) is 25.4 Å². The van der Waals surface area contributed by atoms with E-state index in [0.29, 0.717) is 5.92 Å². The predicted molar refractivity (Wildman–Crippen MR) is 63.0 cm³/mol. The fourth-order valence-electron chi connectivity index (χ4n) is 1.37. The van der Waals surface area contributed by atoms with Gasteiger partial charge >= 0.3 is 0 Å². The van der Waals surface area contributed by atoms with Gasteiger partial charge in [-0.25, -0.2) is 0 Å². The molecule has 0 aliphatic rings. The second-order valence-electron chi connectivity index (χ2n) is 4.22. The average Bonchev–Trinajstić information content (AvgIpc) is 2.20. The van der Waals surface area contributed by atoms with Gasteiger partial charge in [-0.3, -0.25) is 4.79 Å². The molecule has 0 atom stereocenters. The van der Waals surface area contributed by atoms with Gasteiger partial charge in [0, 0.05) is 31.1 Å². The van der Waals surface area contributed by atoms with Crippen molar-refractivity contribution in [2.45, 2.75) is 26.8 Å². The van der Waals surface area contributed by atoms with Crippen molar-refractivity contribution in [2.24, 2.45) is 5.92 Å². The number of rotatable bonds is 6. The van der Waals surface area contributed by atoms with Crippen LogP contribution in [0.15, 0.2) is 29.3 Å². The Balaban J connectivity index is 2.15. The van der Waals surface area contributed by atoms with Crippen LogP contribution in [0.2, 0.25) is 0 Å². The Morgan fingerprint density at radius 2 is 2.00 bits per heavy atom. The van der Waals surface area contributed by atoms with E-state index in [1.54, 1.807) is 12.1 Å². The molecule has 1 aromatic heterocycles. The Bertz CT molecular complexity index is 310. The lowest BCUT2D eigenvalue weighted by Crippen LogP contribution is -2.21. The van der Waals surface area contributed by atoms with Gasteiger partial charge in [0.05, 0.1) is 0 Å². The van der Waals surface area contributed by atoms with Crippen molar-refractivity contribution in [1.82, 2.24) is 9.88 Å². The summed E-state index contributed by atoms with van der Waals surface area (Å²) in [7, 11) is 0. The zero-order valence-corrected chi connectivity index (χ0v) is 9.57. The topological polar surface area (TPSA) is 34.0 Å². The van der Waals surface area contributed by atoms with Gasteiger partial charge in [0.1, 0.15) is 0 Å². The van der Waals surface area contributed by atoms with E-state index >= 15 is 0 Å². The molecule has 0 unspecified atom stereocenters. The van der Waals surface area contributed by atoms with Gasteiger partial charge in [0.25, 0.3) is 0 Å². The van der Waals surface area contributed by atoms with Crippen molar-refractivity contribution in [3.63, 3.8) is 0 Å². The number of aromatic nitrogens is 1. The summed E-state index contributed by atoms with van der Waals surface area (Å²) < 4.78 is 2.04. The first kappa shape index (κ1) is 12.0. The third-order valence-electron chi connectivity index (χ3n) is 2.18. The Hall–Kier alpha value is -1.09. The van der Waals surface area contributed by atoms with Crippen molar-refractivity contribution >= 4 is 0 Å². The van der Waals surface area contributed by atoms with E-state index in [1.807, 2.05) is 17.0 Å². The molecule has 1 heterocycles. The van der Waals surface area contributed by atoms with Crippen LogP contribution in [0.3, 0.4) is 0 Å². The highest BCUT2D eigenvalue weighted by Gasteiger charge is 1.93. The number of nitrogens with zero attached hydrogens (tertiary/aromatic N) is 1. The van der Waals surface area contributed by atoms with Crippen LogP contribution in [0, 0.1) is 5.92 Å². The van der Waals surface area contributed by atoms with Gasteiger partial charge in [-0.2, -0.15) is 0 Å². The smallest absolute Gasteiger partial charge is 0.181 e. The van der Waals surface area contributed by atoms with E-state index in [4.69, 9.17) is 0 Å². The summed E-state index contributed by atoms with van der Waals surface area (Å²) in [5, 5.41) is 3.39. The average molecular weight is 208 g/mol. The molecule has 3 nitrogen and oxygen atoms in total. The lowest BCUT2D eigenvalue weighted by atomic mass is 10.2. The molecule has 1 N–H and O–H groups in total. The summed E-state index contributed by atoms with van der Waals surface area (Å²) in [5.41, 5.74) is 0.0733. The molecule has 0 saturated heterocycles. The number of hydrogen-bond donors (Lipinski definition) is 1. The number of pyridine rings is 1. The highest BCUT2D eigenvalue weighted by Crippen LogP contribution is 1.90. The standard InChI is InChI=1S/C12H20N2O/c1-11(2)10-13-6-3-7-14-8-4-12(15)5-9-14/h4-5,8-9,11,13H,3,6-7,10H2,1-2H3. The molecule has 84 valence electrons. The minimum atomic E-state index is 0.0733. The van der Waals surface area contributed by atoms with Crippen molar-refractivity contribution in [1.29, 1.82) is 0 Å². The zero-order valence-electron chi connectivity index (χ0n) is 9.57. The number of hydrogen-bond acceptors (Lipinski definition) is 2. The highest BCUT2D eigenvalue weighted by molar-refractivity contribution is 4.93. The summed E-state index contributed by atoms with van der Waals surface area (Å²) in [4.78, 5) is 10.8. The molecule has 0 saturated carbocycles. The van der Waals surface area contributed by atoms with Crippen LogP contribution in [0.4, 0.5) is 0 Å². The molecule has 1 aromatic rings. The molecular weight excluding hydrogens is 188 g/mol. The molecule has 15 heavy (non-hydrogen) atoms. The summed E-state index contributed by atoms with van der Waals surface area (Å²) in [6.45, 7) is 7.48. The third kappa shape index (κ3) is 5.37. The normalized spacial score (nSPS) is 10.9. The fraction of sp³-hybridized carbons (Fsp3) is 0.583. The summed E-state index contributed by atoms with van der Waals surface area (Å²) in [6.07, 6.45) is 4.77. The lowest BCUT2D eigenvalue weighted by Gasteiger charge is -2.08. The van der Waals surface area contributed by atoms with E-state index in [0.717, 1.165) is 26.1 Å². The zero-order chi connectivity index (χ0) is 11.1. The molecule has 0 amide bonds. The second kappa shape index (κ2) is 6.40. The van der Waals surface area contributed by atoms with Crippen LogP contribution in [-0.2, 0) is 6.54 Å². The Kier molecular flexibility index (Phi) is 5.12. The van der Waals surface area contributed by atoms with E-state index in [1.165, 1.54) is 0 Å². The largest absolute Gasteiger partial charge is 0.354 e. The van der Waals surface area contributed by atoms with Gasteiger partial charge in [0.15, 0.2) is 5.43 Å². The maximum Gasteiger partial charge on any atom is 0.181 e. The number of aryl methyl sites for hydroxylation is 1. The van der Waals surface area contributed by atoms with E-state index < -0.39 is 0 Å². The monoisotopic (exact) mass is 208 g/mol. The predicted octanol–water partition coefficient (Wildman–Crippen LogP) is 1.48. The van der Waals surface area contributed by atoms with E-state index in [2.05, 4.69) is 19.2 Å². The fourth-order valence-corrected chi connectivity index (χ4v) is 1.37. The van der Waals surface area contributed by atoms with Crippen molar-refractivity contribution in [2.75, 3.05) is 13.1 Å². The molecule has 0 fully saturated rings. The molecule has 0 aliphatic carbocycles. The van der Waals surface area contributed by atoms with Crippen LogP contribution >= 0.6 is 0 Å². The second-order valence-corrected chi connectivity index (χ2v) is 4.22. The minimum absolute atomic E-state index is 0.0733. The highest BCUT2D eigenvalue weighted by atomic mass is 16.1. The molecule has 0 aromatic carbocycles. The number of nitrogens with one attached hydrogen (secondary N) is 1.